The van der Waals surface area contributed by atoms with Gasteiger partial charge in [-0.2, -0.15) is 114 Å². The van der Waals surface area contributed by atoms with Crippen molar-refractivity contribution in [2.75, 3.05) is 19.8 Å². The molecule has 0 bridgehead atoms. The average molecular weight is 856 g/mol. The van der Waals surface area contributed by atoms with Gasteiger partial charge in [0.05, 0.1) is 0 Å². The van der Waals surface area contributed by atoms with E-state index in [1.54, 1.807) is 0 Å². The summed E-state index contributed by atoms with van der Waals surface area (Å²) in [4.78, 5) is 0. The van der Waals surface area contributed by atoms with E-state index in [0.29, 0.717) is 0 Å². The Kier molecular flexibility index (Phi) is 15.7. The third-order valence-corrected chi connectivity index (χ3v) is 9.10. The number of rotatable bonds is 18. The lowest BCUT2D eigenvalue weighted by Crippen LogP contribution is -2.70. The smallest absolute Gasteiger partial charge is 0.374 e. The summed E-state index contributed by atoms with van der Waals surface area (Å²) >= 11 is 0. The molecule has 3 nitrogen and oxygen atoms in total. The Morgan fingerprint density at radius 1 is 0.404 bits per heavy atom. The molecule has 0 amide bonds. The molecule has 0 radical (unpaired) electrons. The van der Waals surface area contributed by atoms with Crippen LogP contribution in [0.25, 0.3) is 0 Å². The van der Waals surface area contributed by atoms with Crippen LogP contribution in [0.2, 0.25) is 6.04 Å². The van der Waals surface area contributed by atoms with Crippen LogP contribution in [0.15, 0.2) is 12.7 Å². The van der Waals surface area contributed by atoms with E-state index in [9.17, 15) is 114 Å². The molecule has 0 spiro atoms. The molecule has 0 aromatic rings. The van der Waals surface area contributed by atoms with Gasteiger partial charge in [0.2, 0.25) is 0 Å². The summed E-state index contributed by atoms with van der Waals surface area (Å²) in [5.41, 5.74) is 0. The Labute approximate surface area is 274 Å². The highest BCUT2D eigenvalue weighted by molar-refractivity contribution is 6.60. The summed E-state index contributed by atoms with van der Waals surface area (Å²) < 4.78 is 346. The lowest BCUT2D eigenvalue weighted by Gasteiger charge is -2.40. The van der Waals surface area contributed by atoms with Gasteiger partial charge in [0.25, 0.3) is 0 Å². The minimum atomic E-state index is -7.92. The van der Waals surface area contributed by atoms with E-state index in [4.69, 9.17) is 13.3 Å². The van der Waals surface area contributed by atoms with Crippen LogP contribution in [-0.4, -0.2) is 100 Å². The van der Waals surface area contributed by atoms with Crippen molar-refractivity contribution in [2.45, 2.75) is 105 Å². The van der Waals surface area contributed by atoms with Crippen LogP contribution in [0.5, 0.6) is 0 Å². The largest absolute Gasteiger partial charge is 0.501 e. The van der Waals surface area contributed by atoms with Crippen molar-refractivity contribution < 1.29 is 127 Å². The quantitative estimate of drug-likeness (QED) is 0.0781. The van der Waals surface area contributed by atoms with E-state index in [1.165, 1.54) is 20.8 Å². The first kappa shape index (κ1) is 52.1. The Morgan fingerprint density at radius 3 is 0.885 bits per heavy atom. The number of hydrogen-bond acceptors (Lipinski definition) is 3. The Bertz CT molecular complexity index is 1140. The van der Waals surface area contributed by atoms with Gasteiger partial charge in [0.1, 0.15) is 0 Å². The Hall–Kier alpha value is -1.98. The summed E-state index contributed by atoms with van der Waals surface area (Å²) in [7, 11) is -4.23. The van der Waals surface area contributed by atoms with Crippen LogP contribution in [0, 0.1) is 0 Å². The summed E-state index contributed by atoms with van der Waals surface area (Å²) in [5.74, 6) is -73.7. The van der Waals surface area contributed by atoms with Gasteiger partial charge >= 0.3 is 80.4 Å². The fraction of sp³-hybridized carbons (Fsp3) is 0.909. The molecule has 0 aliphatic rings. The fourth-order valence-electron chi connectivity index (χ4n) is 3.18. The first-order valence-corrected chi connectivity index (χ1v) is 14.8. The van der Waals surface area contributed by atoms with E-state index in [1.807, 2.05) is 6.58 Å². The molecule has 314 valence electrons. The van der Waals surface area contributed by atoms with Gasteiger partial charge < -0.3 is 13.3 Å². The van der Waals surface area contributed by atoms with Crippen molar-refractivity contribution >= 4 is 8.80 Å². The minimum Gasteiger partial charge on any atom is -0.374 e. The maximum absolute atomic E-state index is 13.9. The van der Waals surface area contributed by atoms with Gasteiger partial charge in [0, 0.05) is 32.3 Å². The maximum atomic E-state index is 13.9. The van der Waals surface area contributed by atoms with Crippen molar-refractivity contribution in [2.24, 2.45) is 0 Å². The van der Waals surface area contributed by atoms with E-state index >= 15 is 0 Å². The van der Waals surface area contributed by atoms with Crippen LogP contribution < -0.4 is 0 Å². The molecule has 0 aliphatic carbocycles. The number of halogens is 26. The molecular formula is C22H22F26O3Si. The second-order valence-corrected chi connectivity index (χ2v) is 12.3. The highest BCUT2D eigenvalue weighted by Crippen LogP contribution is 2.62. The van der Waals surface area contributed by atoms with E-state index < -0.39 is 98.9 Å². The zero-order valence-corrected chi connectivity index (χ0v) is 26.4. The number of hydrogen-bond donors (Lipinski definition) is 0. The van der Waals surface area contributed by atoms with Crippen LogP contribution >= 0.6 is 0 Å². The molecule has 0 saturated heterocycles. The van der Waals surface area contributed by atoms with E-state index in [2.05, 4.69) is 0 Å². The maximum Gasteiger partial charge on any atom is 0.501 e. The van der Waals surface area contributed by atoms with Crippen molar-refractivity contribution in [1.82, 2.24) is 0 Å². The average Bonchev–Trinajstić information content (AvgIpc) is 2.95. The monoisotopic (exact) mass is 856 g/mol. The SMILES string of the molecule is C=CC(F)(F)C(F)(F)C(F)(F)C(F)(F)C(F)(F)C(F)(F)F.CCO[Si](CCC(F)(F)C(F)(F)C(F)(F)C(F)(F)C(F)(F)C(F)(F)F)(OCC)OCC. The van der Waals surface area contributed by atoms with Crippen molar-refractivity contribution in [3.8, 4) is 0 Å². The molecule has 0 fully saturated rings. The second kappa shape index (κ2) is 15.6. The molecular weight excluding hydrogens is 834 g/mol. The second-order valence-electron chi connectivity index (χ2n) is 9.60. The summed E-state index contributed by atoms with van der Waals surface area (Å²) in [6.07, 6.45) is -18.5. The zero-order chi connectivity index (χ0) is 42.9. The summed E-state index contributed by atoms with van der Waals surface area (Å²) in [6, 6.07) is -1.36. The normalized spacial score (nSPS) is 15.7. The summed E-state index contributed by atoms with van der Waals surface area (Å²) in [6.45, 7) is 4.89. The summed E-state index contributed by atoms with van der Waals surface area (Å²) in [5, 5.41) is 0. The van der Waals surface area contributed by atoms with Gasteiger partial charge in [-0.25, -0.2) is 0 Å². The van der Waals surface area contributed by atoms with Crippen LogP contribution in [0.1, 0.15) is 27.2 Å². The Morgan fingerprint density at radius 2 is 0.654 bits per heavy atom. The van der Waals surface area contributed by atoms with Gasteiger partial charge in [-0.15, -0.1) is 0 Å². The molecule has 0 N–H and O–H groups in total. The minimum absolute atomic E-state index is 0.291. The lowest BCUT2D eigenvalue weighted by molar-refractivity contribution is -0.440. The van der Waals surface area contributed by atoms with E-state index in [0.717, 1.165) is 0 Å². The molecule has 0 aromatic heterocycles. The molecule has 30 heteroatoms. The van der Waals surface area contributed by atoms with Crippen LogP contribution in [-0.2, 0) is 13.3 Å². The molecule has 0 heterocycles. The number of alkyl halides is 26. The molecule has 0 aliphatic heterocycles. The number of allylic oxidation sites excluding steroid dienone is 1. The van der Waals surface area contributed by atoms with Gasteiger partial charge in [-0.05, 0) is 26.8 Å². The highest BCUT2D eigenvalue weighted by atomic mass is 28.4. The predicted molar refractivity (Wildman–Crippen MR) is 122 cm³/mol. The Balaban J connectivity index is 0. The zero-order valence-electron chi connectivity index (χ0n) is 25.4. The van der Waals surface area contributed by atoms with Gasteiger partial charge in [-0.3, -0.25) is 0 Å². The molecule has 0 unspecified atom stereocenters. The topological polar surface area (TPSA) is 27.7 Å². The molecule has 0 aromatic carbocycles. The molecule has 0 atom stereocenters. The van der Waals surface area contributed by atoms with Crippen molar-refractivity contribution in [1.29, 1.82) is 0 Å². The third kappa shape index (κ3) is 8.77. The van der Waals surface area contributed by atoms with E-state index in [-0.39, 0.29) is 19.8 Å². The van der Waals surface area contributed by atoms with Crippen molar-refractivity contribution in [3.63, 3.8) is 0 Å². The highest BCUT2D eigenvalue weighted by Gasteiger charge is 2.92. The first-order chi connectivity index (χ1) is 22.4. The van der Waals surface area contributed by atoms with Crippen LogP contribution in [0.4, 0.5) is 114 Å². The van der Waals surface area contributed by atoms with Gasteiger partial charge in [0.15, 0.2) is 0 Å². The lowest BCUT2D eigenvalue weighted by atomic mass is 9.93. The predicted octanol–water partition coefficient (Wildman–Crippen LogP) is 11.1. The first-order valence-electron chi connectivity index (χ1n) is 12.9. The van der Waals surface area contributed by atoms with Crippen LogP contribution in [0.3, 0.4) is 0 Å². The third-order valence-electron chi connectivity index (χ3n) is 6.05. The molecule has 0 saturated carbocycles. The van der Waals surface area contributed by atoms with Crippen molar-refractivity contribution in [3.05, 3.63) is 12.7 Å². The molecule has 0 rings (SSSR count). The van der Waals surface area contributed by atoms with Gasteiger partial charge in [-0.1, -0.05) is 6.58 Å². The fourth-order valence-corrected chi connectivity index (χ4v) is 5.80. The molecule has 52 heavy (non-hydrogen) atoms. The standard InChI is InChI=1S/C14H19F13O3Si.C8H3F13/c1-4-28-31(29-5-2,30-6-3)8-7-9(15,16)10(17,18)11(19,20)12(21,22)13(23,24)14(25,26)27;1-2-3(9,10)4(11,12)5(13,14)6(15,16)7(17,18)8(19,20)21/h4-8H2,1-3H3;2H,1H2.